The topological polar surface area (TPSA) is 44.9 Å². The lowest BCUT2D eigenvalue weighted by Crippen LogP contribution is -2.17. The number of methoxy groups -OCH3 is 1. The van der Waals surface area contributed by atoms with E-state index in [2.05, 4.69) is 188 Å². The molecular formula is C53H38N4O. The van der Waals surface area contributed by atoms with Crippen molar-refractivity contribution in [3.8, 4) is 39.8 Å². The number of para-hydroxylation sites is 4. The third kappa shape index (κ3) is 4.30. The number of benzene rings is 8. The van der Waals surface area contributed by atoms with E-state index in [9.17, 15) is 0 Å². The Morgan fingerprint density at radius 2 is 1.16 bits per heavy atom. The zero-order chi connectivity index (χ0) is 38.9. The van der Waals surface area contributed by atoms with Gasteiger partial charge in [0.25, 0.3) is 0 Å². The first-order valence-corrected chi connectivity index (χ1v) is 20.0. The summed E-state index contributed by atoms with van der Waals surface area (Å²) in [5.74, 6) is 1.44. The molecule has 12 rings (SSSR count). The fourth-order valence-corrected chi connectivity index (χ4v) is 10.3. The maximum absolute atomic E-state index is 6.08. The van der Waals surface area contributed by atoms with E-state index in [4.69, 9.17) is 14.7 Å². The lowest BCUT2D eigenvalue weighted by molar-refractivity contribution is 0.413. The second kappa shape index (κ2) is 11.9. The summed E-state index contributed by atoms with van der Waals surface area (Å²) in [5, 5.41) is 8.19. The molecule has 11 aromatic rings. The average molecular weight is 747 g/mol. The SMILES string of the molecule is COc1c(C)cccc1-c1nc(-n2c3cc(-n4c5ccccc5c5ccccc54)c4ccccc4c3c3ccc4c(c32)C(C)(C)c2ccccc2-4)nc2ccccc12. The monoisotopic (exact) mass is 746 g/mol. The number of aromatic nitrogens is 4. The maximum atomic E-state index is 6.08. The van der Waals surface area contributed by atoms with Crippen LogP contribution in [-0.2, 0) is 5.41 Å². The number of aryl methyl sites for hydroxylation is 1. The number of rotatable bonds is 4. The normalized spacial score (nSPS) is 13.3. The Kier molecular flexibility index (Phi) is 6.75. The number of ether oxygens (including phenoxy) is 1. The molecule has 0 aliphatic heterocycles. The van der Waals surface area contributed by atoms with Crippen LogP contribution in [0.1, 0.15) is 30.5 Å². The standard InChI is InChI=1S/C53H38N4O/c1-31-16-15-23-40(51(31)58-4)49-38-22-8-12-25-42(38)54-52(55-49)57-46-30-45(56-43-26-13-9-18-33(43)34-19-10-14-27-44(34)56)35-20-5-6-21-36(35)47(46)39-29-28-37-32-17-7-11-24-41(32)53(2,3)48(37)50(39)57/h5-30H,1-4H3. The lowest BCUT2D eigenvalue weighted by Gasteiger charge is -2.23. The van der Waals surface area contributed by atoms with Crippen LogP contribution < -0.4 is 4.74 Å². The molecule has 0 saturated heterocycles. The third-order valence-electron chi connectivity index (χ3n) is 12.7. The van der Waals surface area contributed by atoms with Gasteiger partial charge in [-0.15, -0.1) is 0 Å². The zero-order valence-corrected chi connectivity index (χ0v) is 32.7. The van der Waals surface area contributed by atoms with Crippen LogP contribution in [0, 0.1) is 6.92 Å². The highest BCUT2D eigenvalue weighted by Crippen LogP contribution is 2.54. The number of hydrogen-bond acceptors (Lipinski definition) is 3. The molecule has 5 nitrogen and oxygen atoms in total. The van der Waals surface area contributed by atoms with Gasteiger partial charge in [-0.25, -0.2) is 9.97 Å². The van der Waals surface area contributed by atoms with Crippen LogP contribution in [0.3, 0.4) is 0 Å². The largest absolute Gasteiger partial charge is 0.496 e. The maximum Gasteiger partial charge on any atom is 0.235 e. The molecular weight excluding hydrogens is 709 g/mol. The van der Waals surface area contributed by atoms with E-state index in [1.165, 1.54) is 65.6 Å². The molecule has 276 valence electrons. The molecule has 0 spiro atoms. The van der Waals surface area contributed by atoms with Crippen LogP contribution in [0.5, 0.6) is 5.75 Å². The molecule has 0 radical (unpaired) electrons. The van der Waals surface area contributed by atoms with Gasteiger partial charge in [0, 0.05) is 43.3 Å². The fourth-order valence-electron chi connectivity index (χ4n) is 10.3. The molecule has 0 amide bonds. The minimum Gasteiger partial charge on any atom is -0.496 e. The first-order valence-electron chi connectivity index (χ1n) is 20.0. The predicted molar refractivity (Wildman–Crippen MR) is 240 cm³/mol. The summed E-state index contributed by atoms with van der Waals surface area (Å²) in [6, 6.07) is 57.0. The molecule has 5 heteroatoms. The Morgan fingerprint density at radius 1 is 0.517 bits per heavy atom. The minimum absolute atomic E-state index is 0.289. The molecule has 0 atom stereocenters. The average Bonchev–Trinajstić information content (AvgIpc) is 3.86. The van der Waals surface area contributed by atoms with Crippen molar-refractivity contribution < 1.29 is 4.74 Å². The zero-order valence-electron chi connectivity index (χ0n) is 32.7. The molecule has 58 heavy (non-hydrogen) atoms. The summed E-state index contributed by atoms with van der Waals surface area (Å²) >= 11 is 0. The molecule has 0 fully saturated rings. The summed E-state index contributed by atoms with van der Waals surface area (Å²) in [6.45, 7) is 6.82. The summed E-state index contributed by atoms with van der Waals surface area (Å²) in [7, 11) is 1.74. The van der Waals surface area contributed by atoms with Crippen molar-refractivity contribution in [1.82, 2.24) is 19.1 Å². The predicted octanol–water partition coefficient (Wildman–Crippen LogP) is 13.3. The van der Waals surface area contributed by atoms with Gasteiger partial charge >= 0.3 is 0 Å². The minimum atomic E-state index is -0.289. The van der Waals surface area contributed by atoms with Crippen molar-refractivity contribution in [3.05, 3.63) is 174 Å². The third-order valence-corrected chi connectivity index (χ3v) is 12.7. The molecule has 3 heterocycles. The molecule has 1 aliphatic carbocycles. The van der Waals surface area contributed by atoms with Crippen LogP contribution in [0.25, 0.3) is 99.3 Å². The molecule has 0 bridgehead atoms. The van der Waals surface area contributed by atoms with Gasteiger partial charge in [0.1, 0.15) is 5.75 Å². The van der Waals surface area contributed by atoms with Gasteiger partial charge in [0.15, 0.2) is 0 Å². The molecule has 0 unspecified atom stereocenters. The van der Waals surface area contributed by atoms with E-state index < -0.39 is 0 Å². The Balaban J connectivity index is 1.31. The highest BCUT2D eigenvalue weighted by atomic mass is 16.5. The lowest BCUT2D eigenvalue weighted by atomic mass is 9.81. The highest BCUT2D eigenvalue weighted by molar-refractivity contribution is 6.25. The van der Waals surface area contributed by atoms with Crippen molar-refractivity contribution in [2.45, 2.75) is 26.2 Å². The van der Waals surface area contributed by atoms with Crippen LogP contribution in [0.4, 0.5) is 0 Å². The van der Waals surface area contributed by atoms with E-state index in [0.29, 0.717) is 5.95 Å². The summed E-state index contributed by atoms with van der Waals surface area (Å²) in [4.78, 5) is 11.1. The Bertz CT molecular complexity index is 3500. The van der Waals surface area contributed by atoms with Crippen LogP contribution in [0.15, 0.2) is 158 Å². The second-order valence-corrected chi connectivity index (χ2v) is 16.1. The fraction of sp³-hybridized carbons (Fsp3) is 0.0943. The number of fused-ring (bicyclic) bond motifs is 13. The van der Waals surface area contributed by atoms with E-state index >= 15 is 0 Å². The second-order valence-electron chi connectivity index (χ2n) is 16.1. The van der Waals surface area contributed by atoms with Crippen LogP contribution in [-0.4, -0.2) is 26.2 Å². The summed E-state index contributed by atoms with van der Waals surface area (Å²) < 4.78 is 10.9. The molecule has 3 aromatic heterocycles. The summed E-state index contributed by atoms with van der Waals surface area (Å²) in [5.41, 5.74) is 14.2. The first kappa shape index (κ1) is 33.0. The Hall–Kier alpha value is -7.24. The van der Waals surface area contributed by atoms with Gasteiger partial charge in [-0.1, -0.05) is 141 Å². The van der Waals surface area contributed by atoms with Gasteiger partial charge in [-0.2, -0.15) is 0 Å². The van der Waals surface area contributed by atoms with E-state index in [-0.39, 0.29) is 5.41 Å². The van der Waals surface area contributed by atoms with Crippen LogP contribution in [0.2, 0.25) is 0 Å². The van der Waals surface area contributed by atoms with Crippen molar-refractivity contribution >= 4 is 65.3 Å². The van der Waals surface area contributed by atoms with Gasteiger partial charge < -0.3 is 9.30 Å². The highest BCUT2D eigenvalue weighted by Gasteiger charge is 2.39. The van der Waals surface area contributed by atoms with Gasteiger partial charge in [0.2, 0.25) is 5.95 Å². The molecule has 0 saturated carbocycles. The van der Waals surface area contributed by atoms with Gasteiger partial charge in [0.05, 0.1) is 46.1 Å². The number of hydrogen-bond donors (Lipinski definition) is 0. The number of nitrogens with zero attached hydrogens (tertiary/aromatic N) is 4. The van der Waals surface area contributed by atoms with E-state index in [1.54, 1.807) is 7.11 Å². The first-order chi connectivity index (χ1) is 28.4. The van der Waals surface area contributed by atoms with Crippen molar-refractivity contribution in [2.75, 3.05) is 7.11 Å². The Labute approximate surface area is 335 Å². The molecule has 1 aliphatic rings. The smallest absolute Gasteiger partial charge is 0.235 e. The van der Waals surface area contributed by atoms with Gasteiger partial charge in [-0.3, -0.25) is 4.57 Å². The van der Waals surface area contributed by atoms with E-state index in [1.807, 2.05) is 0 Å². The Morgan fingerprint density at radius 3 is 1.91 bits per heavy atom. The van der Waals surface area contributed by atoms with Gasteiger partial charge in [-0.05, 0) is 70.5 Å². The van der Waals surface area contributed by atoms with Crippen LogP contribution >= 0.6 is 0 Å². The van der Waals surface area contributed by atoms with Crippen molar-refractivity contribution in [3.63, 3.8) is 0 Å². The molecule has 0 N–H and O–H groups in total. The van der Waals surface area contributed by atoms with Crippen molar-refractivity contribution in [1.29, 1.82) is 0 Å². The quantitative estimate of drug-likeness (QED) is 0.180. The molecule has 8 aromatic carbocycles. The summed E-state index contributed by atoms with van der Waals surface area (Å²) in [6.07, 6.45) is 0. The van der Waals surface area contributed by atoms with Crippen molar-refractivity contribution in [2.24, 2.45) is 0 Å². The van der Waals surface area contributed by atoms with E-state index in [0.717, 1.165) is 50.2 Å².